The number of unbranched alkanes of at least 4 members (excludes halogenated alkanes) is 2. The van der Waals surface area contributed by atoms with Gasteiger partial charge in [-0.1, -0.05) is 38.0 Å². The van der Waals surface area contributed by atoms with Crippen LogP contribution in [-0.4, -0.2) is 21.9 Å². The highest BCUT2D eigenvalue weighted by molar-refractivity contribution is 7.80. The number of hydrogen-bond acceptors (Lipinski definition) is 4. The standard InChI is InChI=1S/C11H20N4S2/c1-3-5-6-7-9-14-15-11(17-9)13-10(16)12-8-4-2/h3-8H2,1-2H3,(H2,12,13,15,16). The molecular weight excluding hydrogens is 252 g/mol. The molecule has 0 radical (unpaired) electrons. The summed E-state index contributed by atoms with van der Waals surface area (Å²) in [6.45, 7) is 5.19. The molecule has 1 aromatic rings. The van der Waals surface area contributed by atoms with Gasteiger partial charge in [0.15, 0.2) is 5.11 Å². The van der Waals surface area contributed by atoms with Crippen molar-refractivity contribution >= 4 is 33.8 Å². The van der Waals surface area contributed by atoms with E-state index in [2.05, 4.69) is 34.7 Å². The highest BCUT2D eigenvalue weighted by Crippen LogP contribution is 2.17. The first kappa shape index (κ1) is 14.3. The molecule has 6 heteroatoms. The van der Waals surface area contributed by atoms with Gasteiger partial charge in [-0.3, -0.25) is 0 Å². The molecule has 0 unspecified atom stereocenters. The zero-order valence-electron chi connectivity index (χ0n) is 10.5. The Balaban J connectivity index is 2.32. The van der Waals surface area contributed by atoms with Crippen LogP contribution in [0.25, 0.3) is 0 Å². The van der Waals surface area contributed by atoms with Gasteiger partial charge in [-0.15, -0.1) is 10.2 Å². The Labute approximate surface area is 112 Å². The normalized spacial score (nSPS) is 10.2. The predicted molar refractivity (Wildman–Crippen MR) is 77.7 cm³/mol. The third kappa shape index (κ3) is 5.93. The summed E-state index contributed by atoms with van der Waals surface area (Å²) in [4.78, 5) is 0. The zero-order chi connectivity index (χ0) is 12.5. The van der Waals surface area contributed by atoms with Crippen molar-refractivity contribution in [3.8, 4) is 0 Å². The average Bonchev–Trinajstić information content (AvgIpc) is 2.74. The van der Waals surface area contributed by atoms with Crippen molar-refractivity contribution in [2.75, 3.05) is 11.9 Å². The zero-order valence-corrected chi connectivity index (χ0v) is 12.1. The second-order valence-electron chi connectivity index (χ2n) is 3.84. The van der Waals surface area contributed by atoms with Crippen molar-refractivity contribution in [3.05, 3.63) is 5.01 Å². The molecule has 2 N–H and O–H groups in total. The van der Waals surface area contributed by atoms with Crippen LogP contribution in [0, 0.1) is 0 Å². The highest BCUT2D eigenvalue weighted by atomic mass is 32.1. The molecule has 0 bridgehead atoms. The van der Waals surface area contributed by atoms with E-state index in [0.29, 0.717) is 5.11 Å². The van der Waals surface area contributed by atoms with Gasteiger partial charge in [0.2, 0.25) is 5.13 Å². The summed E-state index contributed by atoms with van der Waals surface area (Å²) in [5.74, 6) is 0. The molecule has 0 amide bonds. The fraction of sp³-hybridized carbons (Fsp3) is 0.727. The number of rotatable bonds is 7. The van der Waals surface area contributed by atoms with Crippen LogP contribution >= 0.6 is 23.6 Å². The molecule has 0 aliphatic carbocycles. The predicted octanol–water partition coefficient (Wildman–Crippen LogP) is 2.97. The van der Waals surface area contributed by atoms with Gasteiger partial charge in [-0.05, 0) is 25.1 Å². The lowest BCUT2D eigenvalue weighted by molar-refractivity contribution is 0.710. The fourth-order valence-electron chi connectivity index (χ4n) is 1.31. The van der Waals surface area contributed by atoms with E-state index < -0.39 is 0 Å². The molecule has 0 saturated heterocycles. The lowest BCUT2D eigenvalue weighted by atomic mass is 10.2. The summed E-state index contributed by atoms with van der Waals surface area (Å²) in [6, 6.07) is 0. The fourth-order valence-corrected chi connectivity index (χ4v) is 2.36. The first-order valence-electron chi connectivity index (χ1n) is 6.13. The Bertz CT molecular complexity index is 338. The van der Waals surface area contributed by atoms with Gasteiger partial charge in [0.1, 0.15) is 5.01 Å². The number of nitrogens with one attached hydrogen (secondary N) is 2. The molecule has 4 nitrogen and oxygen atoms in total. The number of anilines is 1. The number of thiocarbonyl (C=S) groups is 1. The van der Waals surface area contributed by atoms with E-state index in [1.807, 2.05) is 0 Å². The molecule has 0 aliphatic heterocycles. The Kier molecular flexibility index (Phi) is 7.04. The maximum atomic E-state index is 5.13. The van der Waals surface area contributed by atoms with E-state index in [0.717, 1.165) is 29.5 Å². The quantitative estimate of drug-likeness (QED) is 0.590. The van der Waals surface area contributed by atoms with Crippen LogP contribution < -0.4 is 10.6 Å². The maximum absolute atomic E-state index is 5.13. The van der Waals surface area contributed by atoms with Crippen molar-refractivity contribution in [2.45, 2.75) is 46.0 Å². The largest absolute Gasteiger partial charge is 0.362 e. The maximum Gasteiger partial charge on any atom is 0.211 e. The van der Waals surface area contributed by atoms with E-state index in [-0.39, 0.29) is 0 Å². The van der Waals surface area contributed by atoms with Gasteiger partial charge in [0.05, 0.1) is 0 Å². The minimum Gasteiger partial charge on any atom is -0.362 e. The van der Waals surface area contributed by atoms with Crippen LogP contribution in [0.4, 0.5) is 5.13 Å². The van der Waals surface area contributed by atoms with Crippen LogP contribution in [0.5, 0.6) is 0 Å². The Morgan fingerprint density at radius 1 is 1.24 bits per heavy atom. The SMILES string of the molecule is CCCCCc1nnc(NC(=S)NCCC)s1. The molecule has 0 spiro atoms. The molecule has 0 saturated carbocycles. The van der Waals surface area contributed by atoms with E-state index in [1.165, 1.54) is 19.3 Å². The number of aryl methyl sites for hydroxylation is 1. The molecule has 96 valence electrons. The molecule has 1 rings (SSSR count). The molecule has 1 aromatic heterocycles. The topological polar surface area (TPSA) is 49.8 Å². The summed E-state index contributed by atoms with van der Waals surface area (Å²) in [6.07, 6.45) is 5.74. The Hall–Kier alpha value is -0.750. The number of nitrogens with zero attached hydrogens (tertiary/aromatic N) is 2. The van der Waals surface area contributed by atoms with Crippen LogP contribution in [0.2, 0.25) is 0 Å². The molecule has 0 aromatic carbocycles. The van der Waals surface area contributed by atoms with Crippen molar-refractivity contribution in [1.29, 1.82) is 0 Å². The first-order valence-corrected chi connectivity index (χ1v) is 7.36. The Morgan fingerprint density at radius 3 is 2.76 bits per heavy atom. The van der Waals surface area contributed by atoms with Crippen molar-refractivity contribution in [1.82, 2.24) is 15.5 Å². The summed E-state index contributed by atoms with van der Waals surface area (Å²) in [5.41, 5.74) is 0. The minimum atomic E-state index is 0.628. The molecule has 1 heterocycles. The third-order valence-corrected chi connectivity index (χ3v) is 3.36. The van der Waals surface area contributed by atoms with E-state index in [9.17, 15) is 0 Å². The van der Waals surface area contributed by atoms with E-state index in [1.54, 1.807) is 11.3 Å². The summed E-state index contributed by atoms with van der Waals surface area (Å²) in [5, 5.41) is 16.9. The summed E-state index contributed by atoms with van der Waals surface area (Å²) in [7, 11) is 0. The Morgan fingerprint density at radius 2 is 2.06 bits per heavy atom. The van der Waals surface area contributed by atoms with Crippen molar-refractivity contribution in [3.63, 3.8) is 0 Å². The van der Waals surface area contributed by atoms with Gasteiger partial charge in [0, 0.05) is 13.0 Å². The number of aromatic nitrogens is 2. The van der Waals surface area contributed by atoms with Crippen LogP contribution in [0.3, 0.4) is 0 Å². The average molecular weight is 272 g/mol. The lowest BCUT2D eigenvalue weighted by Gasteiger charge is -2.05. The van der Waals surface area contributed by atoms with Crippen LogP contribution in [-0.2, 0) is 6.42 Å². The second kappa shape index (κ2) is 8.36. The van der Waals surface area contributed by atoms with Gasteiger partial charge in [0.25, 0.3) is 0 Å². The molecule has 0 aliphatic rings. The summed E-state index contributed by atoms with van der Waals surface area (Å²) < 4.78 is 0. The van der Waals surface area contributed by atoms with E-state index in [4.69, 9.17) is 12.2 Å². The third-order valence-electron chi connectivity index (χ3n) is 2.22. The molecule has 0 atom stereocenters. The van der Waals surface area contributed by atoms with Gasteiger partial charge < -0.3 is 10.6 Å². The van der Waals surface area contributed by atoms with Crippen molar-refractivity contribution in [2.24, 2.45) is 0 Å². The molecular formula is C11H20N4S2. The summed E-state index contributed by atoms with van der Waals surface area (Å²) >= 11 is 6.72. The second-order valence-corrected chi connectivity index (χ2v) is 5.31. The van der Waals surface area contributed by atoms with Gasteiger partial charge in [-0.2, -0.15) is 0 Å². The van der Waals surface area contributed by atoms with Crippen LogP contribution in [0.1, 0.15) is 44.5 Å². The number of hydrogen-bond donors (Lipinski definition) is 2. The van der Waals surface area contributed by atoms with Gasteiger partial charge in [-0.25, -0.2) is 0 Å². The smallest absolute Gasteiger partial charge is 0.211 e. The van der Waals surface area contributed by atoms with Crippen LogP contribution in [0.15, 0.2) is 0 Å². The minimum absolute atomic E-state index is 0.628. The van der Waals surface area contributed by atoms with E-state index >= 15 is 0 Å². The highest BCUT2D eigenvalue weighted by Gasteiger charge is 2.04. The first-order chi connectivity index (χ1) is 8.26. The monoisotopic (exact) mass is 272 g/mol. The van der Waals surface area contributed by atoms with Gasteiger partial charge >= 0.3 is 0 Å². The molecule has 0 fully saturated rings. The van der Waals surface area contributed by atoms with Crippen molar-refractivity contribution < 1.29 is 0 Å². The lowest BCUT2D eigenvalue weighted by Crippen LogP contribution is -2.28. The molecule has 17 heavy (non-hydrogen) atoms.